The first kappa shape index (κ1) is 16.7. The maximum absolute atomic E-state index is 12.1. The summed E-state index contributed by atoms with van der Waals surface area (Å²) < 4.78 is 5.11. The van der Waals surface area contributed by atoms with Crippen molar-refractivity contribution >= 4 is 28.2 Å². The SMILES string of the molecule is CCOC(=O)c1c(NC(=O)C(C)CC)sc(C)c1CC. The van der Waals surface area contributed by atoms with E-state index in [0.717, 1.165) is 23.3 Å². The molecule has 1 atom stereocenters. The number of ether oxygens (including phenoxy) is 1. The second kappa shape index (κ2) is 7.43. The summed E-state index contributed by atoms with van der Waals surface area (Å²) in [6, 6.07) is 0. The average molecular weight is 297 g/mol. The summed E-state index contributed by atoms with van der Waals surface area (Å²) in [4.78, 5) is 25.2. The van der Waals surface area contributed by atoms with Crippen molar-refractivity contribution in [3.8, 4) is 0 Å². The number of carbonyl (C=O) groups excluding carboxylic acids is 2. The zero-order valence-corrected chi connectivity index (χ0v) is 13.6. The number of hydrogen-bond acceptors (Lipinski definition) is 4. The van der Waals surface area contributed by atoms with Gasteiger partial charge < -0.3 is 10.1 Å². The summed E-state index contributed by atoms with van der Waals surface area (Å²) in [5.41, 5.74) is 1.49. The van der Waals surface area contributed by atoms with Gasteiger partial charge in [0.25, 0.3) is 0 Å². The highest BCUT2D eigenvalue weighted by atomic mass is 32.1. The van der Waals surface area contributed by atoms with Gasteiger partial charge in [-0.25, -0.2) is 4.79 Å². The molecule has 0 fully saturated rings. The number of rotatable bonds is 6. The number of anilines is 1. The van der Waals surface area contributed by atoms with Crippen LogP contribution in [0.25, 0.3) is 0 Å². The molecule has 20 heavy (non-hydrogen) atoms. The van der Waals surface area contributed by atoms with Crippen molar-refractivity contribution in [2.45, 2.75) is 47.5 Å². The van der Waals surface area contributed by atoms with Gasteiger partial charge in [-0.05, 0) is 32.3 Å². The largest absolute Gasteiger partial charge is 0.462 e. The Balaban J connectivity index is 3.12. The zero-order valence-electron chi connectivity index (χ0n) is 12.8. The lowest BCUT2D eigenvalue weighted by Crippen LogP contribution is -2.21. The van der Waals surface area contributed by atoms with E-state index in [2.05, 4.69) is 5.32 Å². The molecule has 112 valence electrons. The molecule has 1 N–H and O–H groups in total. The molecule has 0 radical (unpaired) electrons. The molecular weight excluding hydrogens is 274 g/mol. The fraction of sp³-hybridized carbons (Fsp3) is 0.600. The first-order valence-electron chi connectivity index (χ1n) is 7.06. The van der Waals surface area contributed by atoms with E-state index in [4.69, 9.17) is 4.74 Å². The predicted octanol–water partition coefficient (Wildman–Crippen LogP) is 3.78. The number of esters is 1. The van der Waals surface area contributed by atoms with E-state index in [1.54, 1.807) is 6.92 Å². The number of amides is 1. The zero-order chi connectivity index (χ0) is 15.3. The molecule has 0 aliphatic carbocycles. The highest BCUT2D eigenvalue weighted by Gasteiger charge is 2.24. The van der Waals surface area contributed by atoms with Crippen LogP contribution in [0.2, 0.25) is 0 Å². The highest BCUT2D eigenvalue weighted by molar-refractivity contribution is 7.16. The van der Waals surface area contributed by atoms with Crippen LogP contribution in [0, 0.1) is 12.8 Å². The summed E-state index contributed by atoms with van der Waals surface area (Å²) in [6.45, 7) is 9.91. The van der Waals surface area contributed by atoms with Crippen LogP contribution in [0.4, 0.5) is 5.00 Å². The van der Waals surface area contributed by atoms with Crippen LogP contribution in [0.15, 0.2) is 0 Å². The molecule has 1 unspecified atom stereocenters. The van der Waals surface area contributed by atoms with Gasteiger partial charge in [0.05, 0.1) is 12.2 Å². The van der Waals surface area contributed by atoms with Gasteiger partial charge in [0.15, 0.2) is 0 Å². The smallest absolute Gasteiger partial charge is 0.341 e. The van der Waals surface area contributed by atoms with Crippen molar-refractivity contribution in [1.82, 2.24) is 0 Å². The number of thiophene rings is 1. The normalized spacial score (nSPS) is 12.1. The molecule has 0 aliphatic rings. The van der Waals surface area contributed by atoms with Gasteiger partial charge in [-0.2, -0.15) is 0 Å². The maximum Gasteiger partial charge on any atom is 0.341 e. The third-order valence-corrected chi connectivity index (χ3v) is 4.40. The van der Waals surface area contributed by atoms with Crippen LogP contribution in [0.5, 0.6) is 0 Å². The lowest BCUT2D eigenvalue weighted by molar-refractivity contribution is -0.119. The summed E-state index contributed by atoms with van der Waals surface area (Å²) in [5, 5.41) is 3.49. The molecular formula is C15H23NO3S. The molecule has 0 aromatic carbocycles. The molecule has 1 aromatic heterocycles. The van der Waals surface area contributed by atoms with Gasteiger partial charge in [0.2, 0.25) is 5.91 Å². The van der Waals surface area contributed by atoms with Crippen molar-refractivity contribution in [2.24, 2.45) is 5.92 Å². The first-order chi connectivity index (χ1) is 9.46. The fourth-order valence-electron chi connectivity index (χ4n) is 1.93. The van der Waals surface area contributed by atoms with E-state index in [1.165, 1.54) is 11.3 Å². The van der Waals surface area contributed by atoms with Crippen molar-refractivity contribution in [3.63, 3.8) is 0 Å². The van der Waals surface area contributed by atoms with E-state index in [0.29, 0.717) is 17.2 Å². The number of aryl methyl sites for hydroxylation is 1. The molecule has 0 saturated carbocycles. The van der Waals surface area contributed by atoms with Gasteiger partial charge in [0.1, 0.15) is 5.00 Å². The second-order valence-electron chi connectivity index (χ2n) is 4.71. The lowest BCUT2D eigenvalue weighted by atomic mass is 10.1. The van der Waals surface area contributed by atoms with Crippen LogP contribution >= 0.6 is 11.3 Å². The maximum atomic E-state index is 12.1. The van der Waals surface area contributed by atoms with Crippen molar-refractivity contribution < 1.29 is 14.3 Å². The molecule has 0 bridgehead atoms. The number of hydrogen-bond donors (Lipinski definition) is 1. The van der Waals surface area contributed by atoms with Gasteiger partial charge in [-0.15, -0.1) is 11.3 Å². The van der Waals surface area contributed by atoms with Gasteiger partial charge in [0, 0.05) is 10.8 Å². The number of carbonyl (C=O) groups is 2. The van der Waals surface area contributed by atoms with Crippen molar-refractivity contribution in [2.75, 3.05) is 11.9 Å². The molecule has 0 aliphatic heterocycles. The van der Waals surface area contributed by atoms with Crippen molar-refractivity contribution in [1.29, 1.82) is 0 Å². The van der Waals surface area contributed by atoms with Crippen LogP contribution in [-0.4, -0.2) is 18.5 Å². The minimum absolute atomic E-state index is 0.0537. The van der Waals surface area contributed by atoms with E-state index < -0.39 is 0 Å². The Bertz CT molecular complexity index is 494. The Morgan fingerprint density at radius 2 is 1.95 bits per heavy atom. The van der Waals surface area contributed by atoms with Crippen LogP contribution < -0.4 is 5.32 Å². The topological polar surface area (TPSA) is 55.4 Å². The molecule has 1 heterocycles. The first-order valence-corrected chi connectivity index (χ1v) is 7.87. The molecule has 0 spiro atoms. The quantitative estimate of drug-likeness (QED) is 0.813. The van der Waals surface area contributed by atoms with Crippen LogP contribution in [0.3, 0.4) is 0 Å². The summed E-state index contributed by atoms with van der Waals surface area (Å²) in [7, 11) is 0. The molecule has 1 aromatic rings. The third kappa shape index (κ3) is 3.60. The van der Waals surface area contributed by atoms with Crippen LogP contribution in [0.1, 0.15) is 54.9 Å². The van der Waals surface area contributed by atoms with E-state index in [-0.39, 0.29) is 17.8 Å². The Morgan fingerprint density at radius 1 is 1.30 bits per heavy atom. The Kier molecular flexibility index (Phi) is 6.20. The minimum atomic E-state index is -0.354. The summed E-state index contributed by atoms with van der Waals surface area (Å²) in [6.07, 6.45) is 1.52. The Labute approximate surface area is 124 Å². The van der Waals surface area contributed by atoms with E-state index in [1.807, 2.05) is 27.7 Å². The monoisotopic (exact) mass is 297 g/mol. The molecule has 1 amide bonds. The standard InChI is InChI=1S/C15H23NO3S/c1-6-9(4)13(17)16-14-12(15(18)19-8-3)11(7-2)10(5)20-14/h9H,6-8H2,1-5H3,(H,16,17). The van der Waals surface area contributed by atoms with Crippen molar-refractivity contribution in [3.05, 3.63) is 16.0 Å². The predicted molar refractivity (Wildman–Crippen MR) is 82.5 cm³/mol. The average Bonchev–Trinajstić information content (AvgIpc) is 2.73. The lowest BCUT2D eigenvalue weighted by Gasteiger charge is -2.10. The Hall–Kier alpha value is -1.36. The third-order valence-electron chi connectivity index (χ3n) is 3.34. The second-order valence-corrected chi connectivity index (χ2v) is 5.94. The molecule has 1 rings (SSSR count). The van der Waals surface area contributed by atoms with Gasteiger partial charge in [-0.3, -0.25) is 4.79 Å². The molecule has 5 heteroatoms. The Morgan fingerprint density at radius 3 is 2.45 bits per heavy atom. The summed E-state index contributed by atoms with van der Waals surface area (Å²) in [5.74, 6) is -0.479. The van der Waals surface area contributed by atoms with Crippen LogP contribution in [-0.2, 0) is 16.0 Å². The van der Waals surface area contributed by atoms with E-state index in [9.17, 15) is 9.59 Å². The molecule has 0 saturated heterocycles. The van der Waals surface area contributed by atoms with Gasteiger partial charge in [-0.1, -0.05) is 20.8 Å². The summed E-state index contributed by atoms with van der Waals surface area (Å²) >= 11 is 1.44. The highest BCUT2D eigenvalue weighted by Crippen LogP contribution is 2.34. The van der Waals surface area contributed by atoms with Gasteiger partial charge >= 0.3 is 5.97 Å². The fourth-order valence-corrected chi connectivity index (χ4v) is 3.07. The minimum Gasteiger partial charge on any atom is -0.462 e. The molecule has 4 nitrogen and oxygen atoms in total. The number of nitrogens with one attached hydrogen (secondary N) is 1. The van der Waals surface area contributed by atoms with E-state index >= 15 is 0 Å².